The summed E-state index contributed by atoms with van der Waals surface area (Å²) in [7, 11) is 1.88. The number of nitrogens with one attached hydrogen (secondary N) is 1. The van der Waals surface area contributed by atoms with Crippen LogP contribution in [0.3, 0.4) is 0 Å². The molecule has 0 aliphatic carbocycles. The number of rotatable bonds is 5. The van der Waals surface area contributed by atoms with Crippen molar-refractivity contribution in [3.63, 3.8) is 0 Å². The van der Waals surface area contributed by atoms with Crippen LogP contribution in [0.15, 0.2) is 24.5 Å². The molecular formula is C12H15N5O2. The average molecular weight is 261 g/mol. The van der Waals surface area contributed by atoms with Gasteiger partial charge >= 0.3 is 5.97 Å². The summed E-state index contributed by atoms with van der Waals surface area (Å²) >= 11 is 0. The van der Waals surface area contributed by atoms with Gasteiger partial charge in [-0.1, -0.05) is 0 Å². The topological polar surface area (TPSA) is 106 Å². The summed E-state index contributed by atoms with van der Waals surface area (Å²) in [4.78, 5) is 10.9. The minimum absolute atomic E-state index is 0.101. The fourth-order valence-corrected chi connectivity index (χ4v) is 1.70. The zero-order valence-corrected chi connectivity index (χ0v) is 10.5. The van der Waals surface area contributed by atoms with E-state index in [0.717, 1.165) is 5.82 Å². The largest absolute Gasteiger partial charge is 0.478 e. The van der Waals surface area contributed by atoms with Crippen LogP contribution in [0.1, 0.15) is 16.2 Å². The number of aromatic carboxylic acids is 1. The van der Waals surface area contributed by atoms with E-state index in [1.54, 1.807) is 18.5 Å². The van der Waals surface area contributed by atoms with Crippen molar-refractivity contribution in [2.45, 2.75) is 6.42 Å². The Hall–Kier alpha value is -2.57. The van der Waals surface area contributed by atoms with Crippen molar-refractivity contribution < 1.29 is 9.90 Å². The molecule has 2 rings (SSSR count). The maximum absolute atomic E-state index is 10.9. The van der Waals surface area contributed by atoms with Gasteiger partial charge in [-0.15, -0.1) is 10.2 Å². The first kappa shape index (κ1) is 12.9. The molecule has 100 valence electrons. The Kier molecular flexibility index (Phi) is 3.65. The maximum atomic E-state index is 10.9. The van der Waals surface area contributed by atoms with Crippen molar-refractivity contribution in [2.75, 3.05) is 17.6 Å². The minimum Gasteiger partial charge on any atom is -0.478 e. The van der Waals surface area contributed by atoms with Crippen LogP contribution in [-0.2, 0) is 13.5 Å². The third kappa shape index (κ3) is 3.01. The van der Waals surface area contributed by atoms with E-state index in [1.165, 1.54) is 6.07 Å². The highest BCUT2D eigenvalue weighted by Crippen LogP contribution is 2.17. The number of carbonyl (C=O) groups is 1. The lowest BCUT2D eigenvalue weighted by atomic mass is 10.1. The lowest BCUT2D eigenvalue weighted by Gasteiger charge is -2.08. The van der Waals surface area contributed by atoms with Crippen molar-refractivity contribution in [1.29, 1.82) is 0 Å². The molecule has 0 aliphatic heterocycles. The van der Waals surface area contributed by atoms with Crippen LogP contribution < -0.4 is 11.1 Å². The van der Waals surface area contributed by atoms with Gasteiger partial charge in [0.2, 0.25) is 0 Å². The molecule has 0 spiro atoms. The first-order valence-corrected chi connectivity index (χ1v) is 5.77. The van der Waals surface area contributed by atoms with Crippen molar-refractivity contribution in [2.24, 2.45) is 7.05 Å². The number of benzene rings is 1. The second-order valence-electron chi connectivity index (χ2n) is 4.14. The highest BCUT2D eigenvalue weighted by molar-refractivity contribution is 5.94. The van der Waals surface area contributed by atoms with Crippen molar-refractivity contribution in [3.05, 3.63) is 35.9 Å². The number of hydrogen-bond acceptors (Lipinski definition) is 5. The van der Waals surface area contributed by atoms with E-state index in [1.807, 2.05) is 11.6 Å². The molecule has 7 heteroatoms. The fraction of sp³-hybridized carbons (Fsp3) is 0.250. The second-order valence-corrected chi connectivity index (χ2v) is 4.14. The summed E-state index contributed by atoms with van der Waals surface area (Å²) in [6, 6.07) is 4.85. The molecular weight excluding hydrogens is 246 g/mol. The molecule has 1 heterocycles. The molecule has 19 heavy (non-hydrogen) atoms. The zero-order valence-electron chi connectivity index (χ0n) is 10.5. The molecule has 0 fully saturated rings. The van der Waals surface area contributed by atoms with Gasteiger partial charge in [0, 0.05) is 31.4 Å². The van der Waals surface area contributed by atoms with Crippen molar-refractivity contribution >= 4 is 17.3 Å². The van der Waals surface area contributed by atoms with E-state index in [0.29, 0.717) is 18.7 Å². The third-order valence-corrected chi connectivity index (χ3v) is 2.77. The van der Waals surface area contributed by atoms with E-state index < -0.39 is 5.97 Å². The van der Waals surface area contributed by atoms with Crippen LogP contribution in [0.25, 0.3) is 0 Å². The molecule has 1 aromatic heterocycles. The number of carboxylic acids is 1. The van der Waals surface area contributed by atoms with Gasteiger partial charge in [0.05, 0.1) is 5.56 Å². The zero-order chi connectivity index (χ0) is 13.8. The minimum atomic E-state index is -1.03. The number of carboxylic acid groups (broad SMARTS) is 1. The average Bonchev–Trinajstić information content (AvgIpc) is 2.77. The highest BCUT2D eigenvalue weighted by Gasteiger charge is 2.08. The van der Waals surface area contributed by atoms with Gasteiger partial charge in [0.15, 0.2) is 0 Å². The molecule has 7 nitrogen and oxygen atoms in total. The fourth-order valence-electron chi connectivity index (χ4n) is 1.70. The number of nitrogens with two attached hydrogens (primary N) is 1. The van der Waals surface area contributed by atoms with Crippen LogP contribution in [0, 0.1) is 0 Å². The van der Waals surface area contributed by atoms with E-state index >= 15 is 0 Å². The molecule has 0 amide bonds. The van der Waals surface area contributed by atoms with E-state index in [4.69, 9.17) is 10.8 Å². The van der Waals surface area contributed by atoms with Crippen molar-refractivity contribution in [1.82, 2.24) is 14.8 Å². The third-order valence-electron chi connectivity index (χ3n) is 2.77. The molecule has 0 unspecified atom stereocenters. The van der Waals surface area contributed by atoms with Gasteiger partial charge in [-0.25, -0.2) is 4.79 Å². The Labute approximate surface area is 110 Å². The molecule has 0 bridgehead atoms. The number of aromatic nitrogens is 3. The van der Waals surface area contributed by atoms with Crippen LogP contribution in [-0.4, -0.2) is 32.4 Å². The Balaban J connectivity index is 1.98. The van der Waals surface area contributed by atoms with Gasteiger partial charge in [-0.05, 0) is 18.2 Å². The van der Waals surface area contributed by atoms with Crippen molar-refractivity contribution in [3.8, 4) is 0 Å². The molecule has 1 aromatic carbocycles. The molecule has 0 saturated carbocycles. The first-order valence-electron chi connectivity index (χ1n) is 5.77. The Morgan fingerprint density at radius 1 is 1.53 bits per heavy atom. The van der Waals surface area contributed by atoms with Gasteiger partial charge < -0.3 is 20.7 Å². The summed E-state index contributed by atoms with van der Waals surface area (Å²) < 4.78 is 1.84. The van der Waals surface area contributed by atoms with Crippen LogP contribution >= 0.6 is 0 Å². The molecule has 4 N–H and O–H groups in total. The number of nitrogens with zero attached hydrogens (tertiary/aromatic N) is 3. The molecule has 0 aliphatic rings. The standard InChI is InChI=1S/C12H15N5O2/c1-17-7-15-16-11(17)4-5-14-8-2-3-10(13)9(6-8)12(18)19/h2-3,6-7,14H,4-5,13H2,1H3,(H,18,19). The predicted molar refractivity (Wildman–Crippen MR) is 71.0 cm³/mol. The van der Waals surface area contributed by atoms with E-state index in [-0.39, 0.29) is 11.3 Å². The number of nitrogen functional groups attached to an aromatic ring is 1. The second kappa shape index (κ2) is 5.38. The SMILES string of the molecule is Cn1cnnc1CCNc1ccc(N)c(C(=O)O)c1. The van der Waals surface area contributed by atoms with Crippen LogP contribution in [0.5, 0.6) is 0 Å². The lowest BCUT2D eigenvalue weighted by Crippen LogP contribution is -2.10. The summed E-state index contributed by atoms with van der Waals surface area (Å²) in [5.74, 6) is -0.171. The number of hydrogen-bond donors (Lipinski definition) is 3. The van der Waals surface area contributed by atoms with Gasteiger partial charge in [-0.2, -0.15) is 0 Å². The van der Waals surface area contributed by atoms with Gasteiger partial charge in [0.25, 0.3) is 0 Å². The molecule has 0 atom stereocenters. The van der Waals surface area contributed by atoms with E-state index in [9.17, 15) is 4.79 Å². The van der Waals surface area contributed by atoms with Gasteiger partial charge in [-0.3, -0.25) is 0 Å². The Bertz CT molecular complexity index is 594. The van der Waals surface area contributed by atoms with Gasteiger partial charge in [0.1, 0.15) is 12.2 Å². The summed E-state index contributed by atoms with van der Waals surface area (Å²) in [5.41, 5.74) is 6.66. The van der Waals surface area contributed by atoms with E-state index in [2.05, 4.69) is 15.5 Å². The molecule has 0 saturated heterocycles. The highest BCUT2D eigenvalue weighted by atomic mass is 16.4. The first-order chi connectivity index (χ1) is 9.08. The van der Waals surface area contributed by atoms with Crippen LogP contribution in [0.2, 0.25) is 0 Å². The number of aryl methyl sites for hydroxylation is 1. The maximum Gasteiger partial charge on any atom is 0.337 e. The lowest BCUT2D eigenvalue weighted by molar-refractivity contribution is 0.0698. The summed E-state index contributed by atoms with van der Waals surface area (Å²) in [6.07, 6.45) is 2.34. The normalized spacial score (nSPS) is 10.4. The Morgan fingerprint density at radius 3 is 2.95 bits per heavy atom. The quantitative estimate of drug-likeness (QED) is 0.686. The summed E-state index contributed by atoms with van der Waals surface area (Å²) in [5, 5.41) is 19.9. The monoisotopic (exact) mass is 261 g/mol. The Morgan fingerprint density at radius 2 is 2.32 bits per heavy atom. The molecule has 0 radical (unpaired) electrons. The smallest absolute Gasteiger partial charge is 0.337 e. The molecule has 2 aromatic rings. The number of anilines is 2. The summed E-state index contributed by atoms with van der Waals surface area (Å²) in [6.45, 7) is 0.634. The van der Waals surface area contributed by atoms with Crippen LogP contribution in [0.4, 0.5) is 11.4 Å². The predicted octanol–water partition coefficient (Wildman–Crippen LogP) is 0.750.